The van der Waals surface area contributed by atoms with Crippen LogP contribution in [0, 0.1) is 18.6 Å². The number of aromatic nitrogens is 2. The Labute approximate surface area is 130 Å². The lowest BCUT2D eigenvalue weighted by molar-refractivity contribution is -0.120. The van der Waals surface area contributed by atoms with Gasteiger partial charge >= 0.3 is 0 Å². The number of fused-ring (bicyclic) bond motifs is 1. The first-order valence-corrected chi connectivity index (χ1v) is 6.85. The van der Waals surface area contributed by atoms with Crippen molar-refractivity contribution in [2.75, 3.05) is 5.32 Å². The molecule has 0 fully saturated rings. The fourth-order valence-corrected chi connectivity index (χ4v) is 2.33. The zero-order chi connectivity index (χ0) is 16.4. The molecule has 7 heteroatoms. The zero-order valence-corrected chi connectivity index (χ0v) is 12.2. The molecule has 0 saturated heterocycles. The summed E-state index contributed by atoms with van der Waals surface area (Å²) in [4.78, 5) is 14.8. The summed E-state index contributed by atoms with van der Waals surface area (Å²) in [6, 6.07) is 5.93. The predicted molar refractivity (Wildman–Crippen MR) is 80.3 cm³/mol. The van der Waals surface area contributed by atoms with Gasteiger partial charge in [0.25, 0.3) is 6.47 Å². The van der Waals surface area contributed by atoms with Gasteiger partial charge in [-0.25, -0.2) is 13.8 Å². The minimum Gasteiger partial charge on any atom is -0.409 e. The summed E-state index contributed by atoms with van der Waals surface area (Å²) >= 11 is 0. The first-order valence-electron chi connectivity index (χ1n) is 6.85. The highest BCUT2D eigenvalue weighted by Gasteiger charge is 2.14. The Balaban J connectivity index is 1.94. The number of pyridine rings is 1. The highest BCUT2D eigenvalue weighted by Crippen LogP contribution is 2.27. The molecule has 2 heterocycles. The molecule has 1 N–H and O–H groups in total. The lowest BCUT2D eigenvalue weighted by Gasteiger charge is -2.13. The predicted octanol–water partition coefficient (Wildman–Crippen LogP) is 3.07. The molecule has 2 aromatic heterocycles. The van der Waals surface area contributed by atoms with Gasteiger partial charge in [-0.2, -0.15) is 0 Å². The number of benzene rings is 1. The molecule has 0 aliphatic heterocycles. The van der Waals surface area contributed by atoms with Crippen molar-refractivity contribution in [3.05, 3.63) is 59.4 Å². The average molecular weight is 317 g/mol. The number of hydrogen-bond acceptors (Lipinski definition) is 4. The lowest BCUT2D eigenvalue weighted by Crippen LogP contribution is -2.08. The number of hydrogen-bond donors (Lipinski definition) is 1. The Bertz CT molecular complexity index is 877. The van der Waals surface area contributed by atoms with Crippen molar-refractivity contribution in [2.45, 2.75) is 13.5 Å². The highest BCUT2D eigenvalue weighted by atomic mass is 19.1. The molecule has 0 radical (unpaired) electrons. The SMILES string of the molecule is Cc1ccc(F)c(CNc2ccc3nccn3c2OC=O)c1F. The summed E-state index contributed by atoms with van der Waals surface area (Å²) in [6.07, 6.45) is 3.17. The maximum Gasteiger partial charge on any atom is 0.299 e. The fourth-order valence-electron chi connectivity index (χ4n) is 2.33. The molecule has 0 aliphatic rings. The van der Waals surface area contributed by atoms with Gasteiger partial charge in [0.1, 0.15) is 17.3 Å². The summed E-state index contributed by atoms with van der Waals surface area (Å²) in [5, 5.41) is 2.89. The third kappa shape index (κ3) is 2.73. The second-order valence-electron chi connectivity index (χ2n) is 4.93. The third-order valence-electron chi connectivity index (χ3n) is 3.51. The molecule has 23 heavy (non-hydrogen) atoms. The van der Waals surface area contributed by atoms with Gasteiger partial charge in [0.05, 0.1) is 5.69 Å². The Morgan fingerprint density at radius 3 is 2.91 bits per heavy atom. The van der Waals surface area contributed by atoms with Crippen molar-refractivity contribution in [3.8, 4) is 5.88 Å². The second-order valence-corrected chi connectivity index (χ2v) is 4.93. The summed E-state index contributed by atoms with van der Waals surface area (Å²) in [7, 11) is 0. The van der Waals surface area contributed by atoms with E-state index < -0.39 is 11.6 Å². The summed E-state index contributed by atoms with van der Waals surface area (Å²) < 4.78 is 34.4. The molecule has 0 amide bonds. The van der Waals surface area contributed by atoms with Crippen molar-refractivity contribution in [2.24, 2.45) is 0 Å². The Morgan fingerprint density at radius 2 is 2.13 bits per heavy atom. The zero-order valence-electron chi connectivity index (χ0n) is 12.2. The van der Waals surface area contributed by atoms with Crippen molar-refractivity contribution >= 4 is 17.8 Å². The highest BCUT2D eigenvalue weighted by molar-refractivity contribution is 5.63. The molecule has 5 nitrogen and oxygen atoms in total. The van der Waals surface area contributed by atoms with Crippen molar-refractivity contribution < 1.29 is 18.3 Å². The number of halogens is 2. The number of imidazole rings is 1. The van der Waals surface area contributed by atoms with E-state index in [1.54, 1.807) is 35.9 Å². The number of anilines is 1. The number of carbonyl (C=O) groups excluding carboxylic acids is 1. The van der Waals surface area contributed by atoms with Crippen LogP contribution in [0.4, 0.5) is 14.5 Å². The number of nitrogens with one attached hydrogen (secondary N) is 1. The summed E-state index contributed by atoms with van der Waals surface area (Å²) in [6.45, 7) is 1.76. The number of aryl methyl sites for hydroxylation is 1. The Kier molecular flexibility index (Phi) is 3.92. The fraction of sp³-hybridized carbons (Fsp3) is 0.125. The standard InChI is InChI=1S/C16H13F2N3O2/c1-10-2-3-12(17)11(15(10)18)8-20-13-4-5-14-19-6-7-21(14)16(13)23-9-22/h2-7,9,20H,8H2,1H3. The molecule has 3 rings (SSSR count). The number of rotatable bonds is 5. The lowest BCUT2D eigenvalue weighted by atomic mass is 10.1. The second kappa shape index (κ2) is 6.04. The van der Waals surface area contributed by atoms with Gasteiger partial charge in [-0.05, 0) is 30.7 Å². The van der Waals surface area contributed by atoms with Crippen LogP contribution in [0.5, 0.6) is 5.88 Å². The van der Waals surface area contributed by atoms with E-state index in [0.717, 1.165) is 0 Å². The van der Waals surface area contributed by atoms with E-state index in [-0.39, 0.29) is 24.5 Å². The maximum atomic E-state index is 14.0. The minimum atomic E-state index is -0.637. The van der Waals surface area contributed by atoms with Gasteiger partial charge in [-0.15, -0.1) is 0 Å². The van der Waals surface area contributed by atoms with Crippen molar-refractivity contribution in [3.63, 3.8) is 0 Å². The molecule has 1 aromatic carbocycles. The van der Waals surface area contributed by atoms with Gasteiger partial charge in [-0.3, -0.25) is 9.20 Å². The molecule has 0 bridgehead atoms. The van der Waals surface area contributed by atoms with Crippen LogP contribution < -0.4 is 10.1 Å². The van der Waals surface area contributed by atoms with Crippen LogP contribution in [-0.2, 0) is 11.3 Å². The molecular weight excluding hydrogens is 304 g/mol. The Hall–Kier alpha value is -2.96. The third-order valence-corrected chi connectivity index (χ3v) is 3.51. The van der Waals surface area contributed by atoms with Crippen molar-refractivity contribution in [1.29, 1.82) is 0 Å². The van der Waals surface area contributed by atoms with E-state index >= 15 is 0 Å². The maximum absolute atomic E-state index is 14.0. The topological polar surface area (TPSA) is 55.6 Å². The Morgan fingerprint density at radius 1 is 1.30 bits per heavy atom. The quantitative estimate of drug-likeness (QED) is 0.735. The van der Waals surface area contributed by atoms with Crippen LogP contribution in [0.2, 0.25) is 0 Å². The molecule has 0 atom stereocenters. The largest absolute Gasteiger partial charge is 0.409 e. The van der Waals surface area contributed by atoms with E-state index in [4.69, 9.17) is 4.74 Å². The average Bonchev–Trinajstić information content (AvgIpc) is 3.02. The normalized spacial score (nSPS) is 10.7. The number of nitrogens with zero attached hydrogens (tertiary/aromatic N) is 2. The van der Waals surface area contributed by atoms with Crippen LogP contribution in [0.3, 0.4) is 0 Å². The minimum absolute atomic E-state index is 0.0761. The van der Waals surface area contributed by atoms with Gasteiger partial charge in [0.2, 0.25) is 5.88 Å². The molecule has 0 aliphatic carbocycles. The smallest absolute Gasteiger partial charge is 0.299 e. The molecular formula is C16H13F2N3O2. The summed E-state index contributed by atoms with van der Waals surface area (Å²) in [5.41, 5.74) is 1.29. The van der Waals surface area contributed by atoms with Crippen LogP contribution in [0.25, 0.3) is 5.65 Å². The first kappa shape index (κ1) is 15.0. The molecule has 0 unspecified atom stereocenters. The van der Waals surface area contributed by atoms with Gasteiger partial charge in [0, 0.05) is 24.5 Å². The van der Waals surface area contributed by atoms with E-state index in [1.165, 1.54) is 12.1 Å². The van der Waals surface area contributed by atoms with E-state index in [9.17, 15) is 13.6 Å². The van der Waals surface area contributed by atoms with Crippen LogP contribution in [0.1, 0.15) is 11.1 Å². The molecule has 3 aromatic rings. The molecule has 118 valence electrons. The molecule has 0 spiro atoms. The van der Waals surface area contributed by atoms with Crippen LogP contribution >= 0.6 is 0 Å². The van der Waals surface area contributed by atoms with Gasteiger partial charge in [-0.1, -0.05) is 6.07 Å². The van der Waals surface area contributed by atoms with Gasteiger partial charge in [0.15, 0.2) is 0 Å². The van der Waals surface area contributed by atoms with Crippen LogP contribution in [-0.4, -0.2) is 15.9 Å². The summed E-state index contributed by atoms with van der Waals surface area (Å²) in [5.74, 6) is -1.04. The van der Waals surface area contributed by atoms with E-state index in [0.29, 0.717) is 16.9 Å². The van der Waals surface area contributed by atoms with Crippen molar-refractivity contribution in [1.82, 2.24) is 9.38 Å². The number of ether oxygens (including phenoxy) is 1. The monoisotopic (exact) mass is 317 g/mol. The van der Waals surface area contributed by atoms with Crippen LogP contribution in [0.15, 0.2) is 36.7 Å². The molecule has 0 saturated carbocycles. The van der Waals surface area contributed by atoms with Gasteiger partial charge < -0.3 is 10.1 Å². The van der Waals surface area contributed by atoms with E-state index in [1.807, 2.05) is 0 Å². The van der Waals surface area contributed by atoms with E-state index in [2.05, 4.69) is 10.3 Å². The number of carbonyl (C=O) groups is 1. The first-order chi connectivity index (χ1) is 11.1.